The summed E-state index contributed by atoms with van der Waals surface area (Å²) < 4.78 is 0. The summed E-state index contributed by atoms with van der Waals surface area (Å²) in [6.07, 6.45) is 0. The van der Waals surface area contributed by atoms with Gasteiger partial charge in [-0.1, -0.05) is 12.1 Å². The Kier molecular flexibility index (Phi) is 1.96. The van der Waals surface area contributed by atoms with Gasteiger partial charge in [0.2, 0.25) is 0 Å². The van der Waals surface area contributed by atoms with Crippen LogP contribution in [0, 0.1) is 16.2 Å². The Morgan fingerprint density at radius 2 is 2.00 bits per heavy atom. The van der Waals surface area contributed by atoms with Crippen molar-refractivity contribution in [2.24, 2.45) is 0 Å². The quantitative estimate of drug-likeness (QED) is 0.441. The van der Waals surface area contributed by atoms with E-state index < -0.39 is 10.8 Å². The molecule has 55 valence electrons. The molecule has 0 aromatic heterocycles. The number of carbonyl (C=O) groups is 1. The summed E-state index contributed by atoms with van der Waals surface area (Å²) in [5.41, 5.74) is 0.0775. The molecule has 1 amide bonds. The average molecular weight is 150 g/mol. The van der Waals surface area contributed by atoms with Crippen LogP contribution >= 0.6 is 0 Å². The third-order valence-corrected chi connectivity index (χ3v) is 1.13. The summed E-state index contributed by atoms with van der Waals surface area (Å²) in [7, 11) is 0. The van der Waals surface area contributed by atoms with Gasteiger partial charge in [-0.2, -0.15) is 0 Å². The highest BCUT2D eigenvalue weighted by Crippen LogP contribution is 1.98. The van der Waals surface area contributed by atoms with Crippen LogP contribution in [0.25, 0.3) is 0 Å². The predicted octanol–water partition coefficient (Wildman–Crippen LogP) is 0.904. The fourth-order valence-electron chi connectivity index (χ4n) is 0.635. The van der Waals surface area contributed by atoms with Gasteiger partial charge in [-0.25, -0.2) is 4.79 Å². The zero-order chi connectivity index (χ0) is 8.27. The number of rotatable bonds is 1. The molecule has 1 radical (unpaired) electrons. The number of nitrogens with zero attached hydrogens (tertiary/aromatic N) is 1. The molecule has 1 rings (SSSR count). The monoisotopic (exact) mass is 150 g/mol. The van der Waals surface area contributed by atoms with Crippen LogP contribution < -0.4 is 0 Å². The molecule has 1 aromatic carbocycles. The van der Waals surface area contributed by atoms with Crippen LogP contribution in [0.15, 0.2) is 24.3 Å². The minimum Gasteiger partial charge on any atom is -0.255 e. The Labute approximate surface area is 62.6 Å². The highest BCUT2D eigenvalue weighted by Gasteiger charge is 2.16. The first-order chi connectivity index (χ1) is 5.22. The maximum Gasteiger partial charge on any atom is 0.476 e. The molecule has 0 atom stereocenters. The Morgan fingerprint density at radius 1 is 1.45 bits per heavy atom. The van der Waals surface area contributed by atoms with E-state index in [1.54, 1.807) is 0 Å². The zero-order valence-electron chi connectivity index (χ0n) is 5.48. The van der Waals surface area contributed by atoms with Crippen molar-refractivity contribution < 1.29 is 9.72 Å². The number of hydrogen-bond acceptors (Lipinski definition) is 3. The largest absolute Gasteiger partial charge is 0.476 e. The fraction of sp³-hybridized carbons (Fsp3) is 0. The standard InChI is InChI=1S/C7H4NO3/c9-7(8(10)11)6-4-2-1-3-5-6/h2-5H. The molecule has 0 aliphatic rings. The lowest BCUT2D eigenvalue weighted by atomic mass is 10.2. The van der Waals surface area contributed by atoms with Gasteiger partial charge in [-0.05, 0) is 18.2 Å². The van der Waals surface area contributed by atoms with E-state index in [1.165, 1.54) is 24.3 Å². The first-order valence-electron chi connectivity index (χ1n) is 2.86. The zero-order valence-corrected chi connectivity index (χ0v) is 5.48. The molecule has 0 N–H and O–H groups in total. The number of nitro groups is 1. The van der Waals surface area contributed by atoms with Crippen molar-refractivity contribution >= 4 is 5.91 Å². The maximum atomic E-state index is 10.6. The highest BCUT2D eigenvalue weighted by atomic mass is 16.6. The van der Waals surface area contributed by atoms with Gasteiger partial charge in [0.1, 0.15) is 4.92 Å². The molecular weight excluding hydrogens is 146 g/mol. The van der Waals surface area contributed by atoms with Crippen LogP contribution in [-0.2, 0) is 0 Å². The van der Waals surface area contributed by atoms with Crippen molar-refractivity contribution in [3.8, 4) is 0 Å². The lowest BCUT2D eigenvalue weighted by Gasteiger charge is -1.88. The SMILES string of the molecule is O=C(c1cc[c]cc1)[N+](=O)[O-]. The Balaban J connectivity index is 2.95. The second-order valence-electron chi connectivity index (χ2n) is 1.85. The molecular formula is C7H4NO3. The van der Waals surface area contributed by atoms with Crippen LogP contribution in [0.1, 0.15) is 10.4 Å². The molecule has 0 aliphatic heterocycles. The van der Waals surface area contributed by atoms with E-state index in [2.05, 4.69) is 6.07 Å². The van der Waals surface area contributed by atoms with Crippen LogP contribution in [0.4, 0.5) is 0 Å². The highest BCUT2D eigenvalue weighted by molar-refractivity contribution is 5.87. The second-order valence-corrected chi connectivity index (χ2v) is 1.85. The molecule has 0 saturated carbocycles. The third kappa shape index (κ3) is 1.61. The van der Waals surface area contributed by atoms with Crippen molar-refractivity contribution in [1.82, 2.24) is 0 Å². The van der Waals surface area contributed by atoms with E-state index in [0.717, 1.165) is 0 Å². The average Bonchev–Trinajstić information content (AvgIpc) is 2.05. The summed E-state index contributed by atoms with van der Waals surface area (Å²) in [4.78, 5) is 19.6. The molecule has 0 spiro atoms. The molecule has 0 unspecified atom stereocenters. The van der Waals surface area contributed by atoms with Gasteiger partial charge in [0.15, 0.2) is 0 Å². The van der Waals surface area contributed by atoms with E-state index >= 15 is 0 Å². The smallest absolute Gasteiger partial charge is 0.255 e. The van der Waals surface area contributed by atoms with Crippen LogP contribution in [0.2, 0.25) is 0 Å². The van der Waals surface area contributed by atoms with E-state index in [4.69, 9.17) is 0 Å². The van der Waals surface area contributed by atoms with Crippen molar-refractivity contribution in [3.05, 3.63) is 46.0 Å². The first-order valence-corrected chi connectivity index (χ1v) is 2.86. The number of carbonyl (C=O) groups excluding carboxylic acids is 1. The van der Waals surface area contributed by atoms with E-state index in [9.17, 15) is 14.9 Å². The second kappa shape index (κ2) is 2.92. The molecule has 11 heavy (non-hydrogen) atoms. The normalized spacial score (nSPS) is 9.09. The fourth-order valence-corrected chi connectivity index (χ4v) is 0.635. The predicted molar refractivity (Wildman–Crippen MR) is 36.6 cm³/mol. The summed E-state index contributed by atoms with van der Waals surface area (Å²) in [6, 6.07) is 8.27. The van der Waals surface area contributed by atoms with Crippen LogP contribution in [0.5, 0.6) is 0 Å². The summed E-state index contributed by atoms with van der Waals surface area (Å²) in [6.45, 7) is 0. The number of amides is 1. The summed E-state index contributed by atoms with van der Waals surface area (Å²) in [5.74, 6) is -1.08. The lowest BCUT2D eigenvalue weighted by molar-refractivity contribution is -0.375. The molecule has 0 bridgehead atoms. The van der Waals surface area contributed by atoms with Gasteiger partial charge in [-0.3, -0.25) is 10.1 Å². The van der Waals surface area contributed by atoms with Gasteiger partial charge in [0.25, 0.3) is 0 Å². The van der Waals surface area contributed by atoms with Crippen molar-refractivity contribution in [3.63, 3.8) is 0 Å². The minimum absolute atomic E-state index is 0.0775. The molecule has 1 aromatic rings. The first kappa shape index (κ1) is 7.40. The van der Waals surface area contributed by atoms with Crippen molar-refractivity contribution in [2.75, 3.05) is 0 Å². The third-order valence-electron chi connectivity index (χ3n) is 1.13. The van der Waals surface area contributed by atoms with E-state index in [0.29, 0.717) is 0 Å². The Morgan fingerprint density at radius 3 is 2.45 bits per heavy atom. The molecule has 0 heterocycles. The van der Waals surface area contributed by atoms with Gasteiger partial charge < -0.3 is 0 Å². The van der Waals surface area contributed by atoms with Gasteiger partial charge in [0, 0.05) is 0 Å². The Bertz CT molecular complexity index is 281. The minimum atomic E-state index is -1.08. The molecule has 0 fully saturated rings. The number of hydrogen-bond donors (Lipinski definition) is 0. The maximum absolute atomic E-state index is 10.6. The topological polar surface area (TPSA) is 60.2 Å². The van der Waals surface area contributed by atoms with Crippen molar-refractivity contribution in [2.45, 2.75) is 0 Å². The molecule has 4 heteroatoms. The molecule has 4 nitrogen and oxygen atoms in total. The van der Waals surface area contributed by atoms with Gasteiger partial charge in [0.05, 0.1) is 5.56 Å². The van der Waals surface area contributed by atoms with Gasteiger partial charge in [-0.15, -0.1) is 0 Å². The summed E-state index contributed by atoms with van der Waals surface area (Å²) >= 11 is 0. The molecule has 0 aliphatic carbocycles. The van der Waals surface area contributed by atoms with Crippen LogP contribution in [0.3, 0.4) is 0 Å². The van der Waals surface area contributed by atoms with E-state index in [1.807, 2.05) is 0 Å². The number of benzene rings is 1. The Hall–Kier alpha value is -1.71. The van der Waals surface area contributed by atoms with Crippen LogP contribution in [-0.4, -0.2) is 10.8 Å². The van der Waals surface area contributed by atoms with E-state index in [-0.39, 0.29) is 5.56 Å². The van der Waals surface area contributed by atoms with Crippen molar-refractivity contribution in [1.29, 1.82) is 0 Å². The lowest BCUT2D eigenvalue weighted by Crippen LogP contribution is -2.10. The molecule has 0 saturated heterocycles. The van der Waals surface area contributed by atoms with Gasteiger partial charge >= 0.3 is 5.91 Å². The summed E-state index contributed by atoms with van der Waals surface area (Å²) in [5, 5.41) is 9.95.